The molecule has 2 amide bonds. The smallest absolute Gasteiger partial charge is 0.253 e. The van der Waals surface area contributed by atoms with Gasteiger partial charge < -0.3 is 9.80 Å². The molecule has 1 aromatic rings. The molecular weight excluding hydrogens is 307 g/mol. The van der Waals surface area contributed by atoms with Gasteiger partial charge in [0.25, 0.3) is 5.91 Å². The van der Waals surface area contributed by atoms with Gasteiger partial charge >= 0.3 is 0 Å². The first-order chi connectivity index (χ1) is 11.5. The number of benzene rings is 1. The average Bonchev–Trinajstić information content (AvgIpc) is 2.61. The molecule has 0 aliphatic carbocycles. The lowest BCUT2D eigenvalue weighted by atomic mass is 9.95. The van der Waals surface area contributed by atoms with Crippen LogP contribution in [0.15, 0.2) is 35.9 Å². The quantitative estimate of drug-likeness (QED) is 0.783. The molecule has 128 valence electrons. The number of rotatable bonds is 2. The van der Waals surface area contributed by atoms with Gasteiger partial charge in [0.15, 0.2) is 0 Å². The van der Waals surface area contributed by atoms with E-state index in [4.69, 9.17) is 0 Å². The third-order valence-electron chi connectivity index (χ3n) is 4.79. The Balaban J connectivity index is 1.65. The SMILES string of the molecule is CC1=CCCN(C(=O)[C@@H]2CCCN(C(=O)c3ccc(F)cc3)C2)C1. The summed E-state index contributed by atoms with van der Waals surface area (Å²) in [5.74, 6) is -0.456. The predicted molar refractivity (Wildman–Crippen MR) is 90.0 cm³/mol. The van der Waals surface area contributed by atoms with Crippen molar-refractivity contribution in [3.8, 4) is 0 Å². The molecule has 1 saturated heterocycles. The van der Waals surface area contributed by atoms with Crippen LogP contribution in [-0.4, -0.2) is 47.8 Å². The van der Waals surface area contributed by atoms with Crippen LogP contribution in [0.25, 0.3) is 0 Å². The first-order valence-corrected chi connectivity index (χ1v) is 8.54. The predicted octanol–water partition coefficient (Wildman–Crippen LogP) is 2.86. The first-order valence-electron chi connectivity index (χ1n) is 8.54. The van der Waals surface area contributed by atoms with E-state index in [0.29, 0.717) is 25.2 Å². The second kappa shape index (κ2) is 7.16. The third kappa shape index (κ3) is 3.66. The number of hydrogen-bond acceptors (Lipinski definition) is 2. The molecule has 0 spiro atoms. The van der Waals surface area contributed by atoms with E-state index in [1.54, 1.807) is 4.90 Å². The molecule has 1 aromatic carbocycles. The fraction of sp³-hybridized carbons (Fsp3) is 0.474. The van der Waals surface area contributed by atoms with Crippen molar-refractivity contribution in [1.82, 2.24) is 9.80 Å². The molecule has 0 saturated carbocycles. The Labute approximate surface area is 141 Å². The van der Waals surface area contributed by atoms with Crippen LogP contribution >= 0.6 is 0 Å². The molecule has 3 rings (SSSR count). The van der Waals surface area contributed by atoms with Gasteiger partial charge in [-0.1, -0.05) is 11.6 Å². The van der Waals surface area contributed by atoms with Gasteiger partial charge in [-0.2, -0.15) is 0 Å². The van der Waals surface area contributed by atoms with E-state index in [9.17, 15) is 14.0 Å². The standard InChI is InChI=1S/C19H23FN2O2/c1-14-4-2-10-21(12-14)19(24)16-5-3-11-22(13-16)18(23)15-6-8-17(20)9-7-15/h4,6-9,16H,2-3,5,10-13H2,1H3/t16-/m1/s1. The zero-order valence-corrected chi connectivity index (χ0v) is 14.0. The fourth-order valence-electron chi connectivity index (χ4n) is 3.50. The maximum Gasteiger partial charge on any atom is 0.253 e. The van der Waals surface area contributed by atoms with Crippen molar-refractivity contribution in [2.24, 2.45) is 5.92 Å². The van der Waals surface area contributed by atoms with Gasteiger partial charge in [-0.25, -0.2) is 4.39 Å². The molecule has 2 aliphatic heterocycles. The summed E-state index contributed by atoms with van der Waals surface area (Å²) in [7, 11) is 0. The Morgan fingerprint density at radius 2 is 1.88 bits per heavy atom. The zero-order valence-electron chi connectivity index (χ0n) is 14.0. The van der Waals surface area contributed by atoms with Crippen LogP contribution in [0.4, 0.5) is 4.39 Å². The lowest BCUT2D eigenvalue weighted by molar-refractivity contribution is -0.136. The summed E-state index contributed by atoms with van der Waals surface area (Å²) in [6.07, 6.45) is 4.73. The lowest BCUT2D eigenvalue weighted by Gasteiger charge is -2.36. The fourth-order valence-corrected chi connectivity index (χ4v) is 3.50. The maximum absolute atomic E-state index is 13.0. The molecule has 0 N–H and O–H groups in total. The van der Waals surface area contributed by atoms with Crippen LogP contribution in [0.5, 0.6) is 0 Å². The van der Waals surface area contributed by atoms with Crippen molar-refractivity contribution in [2.45, 2.75) is 26.2 Å². The van der Waals surface area contributed by atoms with Gasteiger partial charge in [-0.05, 0) is 50.5 Å². The molecule has 0 unspecified atom stereocenters. The van der Waals surface area contributed by atoms with Gasteiger partial charge in [0.1, 0.15) is 5.82 Å². The molecule has 0 bridgehead atoms. The topological polar surface area (TPSA) is 40.6 Å². The van der Waals surface area contributed by atoms with Gasteiger partial charge in [-0.3, -0.25) is 9.59 Å². The normalized spacial score (nSPS) is 21.4. The number of halogens is 1. The van der Waals surface area contributed by atoms with Gasteiger partial charge in [-0.15, -0.1) is 0 Å². The molecule has 0 aromatic heterocycles. The summed E-state index contributed by atoms with van der Waals surface area (Å²) in [5.41, 5.74) is 1.70. The molecule has 24 heavy (non-hydrogen) atoms. The Hall–Kier alpha value is -2.17. The number of nitrogens with zero attached hydrogens (tertiary/aromatic N) is 2. The molecule has 4 nitrogen and oxygen atoms in total. The van der Waals surface area contributed by atoms with E-state index in [2.05, 4.69) is 6.08 Å². The highest BCUT2D eigenvalue weighted by Crippen LogP contribution is 2.22. The minimum atomic E-state index is -0.355. The summed E-state index contributed by atoms with van der Waals surface area (Å²) >= 11 is 0. The van der Waals surface area contributed by atoms with Gasteiger partial charge in [0.2, 0.25) is 5.91 Å². The number of carbonyl (C=O) groups is 2. The molecule has 1 atom stereocenters. The van der Waals surface area contributed by atoms with Crippen LogP contribution in [0.2, 0.25) is 0 Å². The molecular formula is C19H23FN2O2. The summed E-state index contributed by atoms with van der Waals surface area (Å²) in [6.45, 7) is 4.61. The minimum Gasteiger partial charge on any atom is -0.338 e. The van der Waals surface area contributed by atoms with E-state index in [0.717, 1.165) is 25.8 Å². The Bertz CT molecular complexity index is 654. The van der Waals surface area contributed by atoms with Crippen LogP contribution in [0, 0.1) is 11.7 Å². The third-order valence-corrected chi connectivity index (χ3v) is 4.79. The van der Waals surface area contributed by atoms with E-state index < -0.39 is 0 Å². The Kier molecular flexibility index (Phi) is 4.97. The van der Waals surface area contributed by atoms with Crippen molar-refractivity contribution in [3.63, 3.8) is 0 Å². The largest absolute Gasteiger partial charge is 0.338 e. The summed E-state index contributed by atoms with van der Waals surface area (Å²) in [6, 6.07) is 5.59. The van der Waals surface area contributed by atoms with Gasteiger partial charge in [0, 0.05) is 31.7 Å². The molecule has 0 radical (unpaired) electrons. The molecule has 2 heterocycles. The number of amides is 2. The number of carbonyl (C=O) groups excluding carboxylic acids is 2. The number of piperidine rings is 1. The van der Waals surface area contributed by atoms with Crippen LogP contribution in [-0.2, 0) is 4.79 Å². The highest BCUT2D eigenvalue weighted by molar-refractivity contribution is 5.94. The molecule has 5 heteroatoms. The van der Waals surface area contributed by atoms with Crippen molar-refractivity contribution in [2.75, 3.05) is 26.2 Å². The second-order valence-electron chi connectivity index (χ2n) is 6.70. The van der Waals surface area contributed by atoms with E-state index >= 15 is 0 Å². The van der Waals surface area contributed by atoms with E-state index in [-0.39, 0.29) is 23.5 Å². The minimum absolute atomic E-state index is 0.123. The summed E-state index contributed by atoms with van der Waals surface area (Å²) < 4.78 is 13.0. The summed E-state index contributed by atoms with van der Waals surface area (Å²) in [5, 5.41) is 0. The van der Waals surface area contributed by atoms with Crippen LogP contribution < -0.4 is 0 Å². The van der Waals surface area contributed by atoms with Crippen molar-refractivity contribution >= 4 is 11.8 Å². The zero-order chi connectivity index (χ0) is 17.1. The lowest BCUT2D eigenvalue weighted by Crippen LogP contribution is -2.47. The molecule has 2 aliphatic rings. The highest BCUT2D eigenvalue weighted by atomic mass is 19.1. The number of hydrogen-bond donors (Lipinski definition) is 0. The maximum atomic E-state index is 13.0. The number of likely N-dealkylation sites (tertiary alicyclic amines) is 1. The van der Waals surface area contributed by atoms with Crippen LogP contribution in [0.3, 0.4) is 0 Å². The Morgan fingerprint density at radius 3 is 2.58 bits per heavy atom. The van der Waals surface area contributed by atoms with Crippen LogP contribution in [0.1, 0.15) is 36.5 Å². The second-order valence-corrected chi connectivity index (χ2v) is 6.70. The highest BCUT2D eigenvalue weighted by Gasteiger charge is 2.32. The monoisotopic (exact) mass is 330 g/mol. The first kappa shape index (κ1) is 16.7. The van der Waals surface area contributed by atoms with Crippen molar-refractivity contribution in [1.29, 1.82) is 0 Å². The van der Waals surface area contributed by atoms with Gasteiger partial charge in [0.05, 0.1) is 5.92 Å². The van der Waals surface area contributed by atoms with E-state index in [1.807, 2.05) is 11.8 Å². The van der Waals surface area contributed by atoms with Crippen molar-refractivity contribution < 1.29 is 14.0 Å². The summed E-state index contributed by atoms with van der Waals surface area (Å²) in [4.78, 5) is 29.0. The van der Waals surface area contributed by atoms with E-state index in [1.165, 1.54) is 29.8 Å². The van der Waals surface area contributed by atoms with Crippen molar-refractivity contribution in [3.05, 3.63) is 47.3 Å². The Morgan fingerprint density at radius 1 is 1.12 bits per heavy atom. The average molecular weight is 330 g/mol. The molecule has 1 fully saturated rings.